The molecule has 0 radical (unpaired) electrons. The number of aryl methyl sites for hydroxylation is 1. The van der Waals surface area contributed by atoms with Gasteiger partial charge in [-0.15, -0.1) is 11.3 Å². The summed E-state index contributed by atoms with van der Waals surface area (Å²) in [5.41, 5.74) is 2.44. The second-order valence-corrected chi connectivity index (χ2v) is 6.03. The van der Waals surface area contributed by atoms with Gasteiger partial charge in [0.05, 0.1) is 5.69 Å². The molecule has 0 saturated heterocycles. The number of carbonyl (C=O) groups excluding carboxylic acids is 1. The molecule has 4 nitrogen and oxygen atoms in total. The Morgan fingerprint density at radius 1 is 1.30 bits per heavy atom. The maximum Gasteiger partial charge on any atom is 0.348 e. The molecule has 104 valence electrons. The van der Waals surface area contributed by atoms with E-state index >= 15 is 0 Å². The van der Waals surface area contributed by atoms with Crippen molar-refractivity contribution in [1.82, 2.24) is 0 Å². The molecule has 0 spiro atoms. The minimum absolute atomic E-state index is 0.142. The van der Waals surface area contributed by atoms with Gasteiger partial charge in [-0.3, -0.25) is 4.79 Å². The zero-order valence-electron chi connectivity index (χ0n) is 10.9. The number of hydrogen-bond donors (Lipinski definition) is 2. The number of carboxylic acids is 1. The van der Waals surface area contributed by atoms with Crippen molar-refractivity contribution in [3.8, 4) is 0 Å². The molecule has 0 saturated carbocycles. The van der Waals surface area contributed by atoms with Gasteiger partial charge in [-0.1, -0.05) is 22.0 Å². The van der Waals surface area contributed by atoms with Crippen LogP contribution in [-0.2, 0) is 0 Å². The lowest BCUT2D eigenvalue weighted by Gasteiger charge is -2.09. The fraction of sp³-hybridized carbons (Fsp3) is 0.143. The van der Waals surface area contributed by atoms with Crippen LogP contribution < -0.4 is 5.32 Å². The molecule has 2 rings (SSSR count). The second kappa shape index (κ2) is 5.76. The van der Waals surface area contributed by atoms with Crippen molar-refractivity contribution >= 4 is 44.8 Å². The standard InChI is InChI=1S/C14H12BrNO3S/c1-7-6-20-12(14(18)19)11(7)16-13(17)9-4-3-5-10(15)8(9)2/h3-6H,1-2H3,(H,16,17)(H,18,19). The monoisotopic (exact) mass is 353 g/mol. The molecular weight excluding hydrogens is 342 g/mol. The molecule has 2 N–H and O–H groups in total. The molecule has 6 heteroatoms. The van der Waals surface area contributed by atoms with E-state index < -0.39 is 5.97 Å². The van der Waals surface area contributed by atoms with Crippen LogP contribution in [0, 0.1) is 13.8 Å². The fourth-order valence-corrected chi connectivity index (χ4v) is 3.00. The molecule has 1 aromatic heterocycles. The first kappa shape index (κ1) is 14.7. The first-order valence-corrected chi connectivity index (χ1v) is 7.47. The van der Waals surface area contributed by atoms with Crippen LogP contribution in [0.25, 0.3) is 0 Å². The van der Waals surface area contributed by atoms with E-state index in [1.165, 1.54) is 0 Å². The highest BCUT2D eigenvalue weighted by atomic mass is 79.9. The summed E-state index contributed by atoms with van der Waals surface area (Å²) in [7, 11) is 0. The van der Waals surface area contributed by atoms with E-state index in [2.05, 4.69) is 21.2 Å². The average molecular weight is 354 g/mol. The van der Waals surface area contributed by atoms with E-state index in [1.54, 1.807) is 24.4 Å². The van der Waals surface area contributed by atoms with Crippen LogP contribution in [0.1, 0.15) is 31.2 Å². The van der Waals surface area contributed by atoms with Crippen molar-refractivity contribution in [3.05, 3.63) is 49.6 Å². The average Bonchev–Trinajstić information content (AvgIpc) is 2.74. The SMILES string of the molecule is Cc1csc(C(=O)O)c1NC(=O)c1cccc(Br)c1C. The van der Waals surface area contributed by atoms with Gasteiger partial charge in [-0.2, -0.15) is 0 Å². The van der Waals surface area contributed by atoms with Crippen molar-refractivity contribution in [2.75, 3.05) is 5.32 Å². The van der Waals surface area contributed by atoms with E-state index in [1.807, 2.05) is 13.0 Å². The Morgan fingerprint density at radius 3 is 2.65 bits per heavy atom. The Hall–Kier alpha value is -1.66. The van der Waals surface area contributed by atoms with Gasteiger partial charge in [0.2, 0.25) is 0 Å². The number of nitrogens with one attached hydrogen (secondary N) is 1. The molecule has 0 fully saturated rings. The van der Waals surface area contributed by atoms with Crippen molar-refractivity contribution in [2.24, 2.45) is 0 Å². The topological polar surface area (TPSA) is 66.4 Å². The van der Waals surface area contributed by atoms with Gasteiger partial charge in [-0.25, -0.2) is 4.79 Å². The molecule has 0 aliphatic carbocycles. The molecular formula is C14H12BrNO3S. The molecule has 1 amide bonds. The third kappa shape index (κ3) is 2.76. The van der Waals surface area contributed by atoms with E-state index in [9.17, 15) is 9.59 Å². The van der Waals surface area contributed by atoms with Crippen LogP contribution >= 0.6 is 27.3 Å². The van der Waals surface area contributed by atoms with Crippen molar-refractivity contribution in [2.45, 2.75) is 13.8 Å². The number of hydrogen-bond acceptors (Lipinski definition) is 3. The number of rotatable bonds is 3. The maximum absolute atomic E-state index is 12.3. The third-order valence-electron chi connectivity index (χ3n) is 2.92. The van der Waals surface area contributed by atoms with Crippen LogP contribution in [-0.4, -0.2) is 17.0 Å². The van der Waals surface area contributed by atoms with Crippen LogP contribution in [0.3, 0.4) is 0 Å². The lowest BCUT2D eigenvalue weighted by atomic mass is 10.1. The van der Waals surface area contributed by atoms with Gasteiger partial charge in [0.1, 0.15) is 4.88 Å². The normalized spacial score (nSPS) is 10.3. The van der Waals surface area contributed by atoms with E-state index in [0.29, 0.717) is 11.3 Å². The zero-order valence-corrected chi connectivity index (χ0v) is 13.3. The number of amides is 1. The number of carboxylic acid groups (broad SMARTS) is 1. The highest BCUT2D eigenvalue weighted by molar-refractivity contribution is 9.10. The molecule has 2 aromatic rings. The van der Waals surface area contributed by atoms with Gasteiger partial charge in [0.25, 0.3) is 5.91 Å². The molecule has 1 heterocycles. The lowest BCUT2D eigenvalue weighted by Crippen LogP contribution is -2.15. The molecule has 0 bridgehead atoms. The van der Waals surface area contributed by atoms with E-state index in [0.717, 1.165) is 26.9 Å². The minimum Gasteiger partial charge on any atom is -0.477 e. The van der Waals surface area contributed by atoms with Crippen molar-refractivity contribution in [3.63, 3.8) is 0 Å². The Labute approximate surface area is 128 Å². The smallest absolute Gasteiger partial charge is 0.348 e. The largest absolute Gasteiger partial charge is 0.477 e. The van der Waals surface area contributed by atoms with Gasteiger partial charge >= 0.3 is 5.97 Å². The summed E-state index contributed by atoms with van der Waals surface area (Å²) in [6.07, 6.45) is 0. The Balaban J connectivity index is 2.35. The number of aromatic carboxylic acids is 1. The van der Waals surface area contributed by atoms with Gasteiger partial charge in [0, 0.05) is 10.0 Å². The zero-order chi connectivity index (χ0) is 14.9. The second-order valence-electron chi connectivity index (χ2n) is 4.29. The van der Waals surface area contributed by atoms with E-state index in [4.69, 9.17) is 5.11 Å². The van der Waals surface area contributed by atoms with Crippen molar-refractivity contribution < 1.29 is 14.7 Å². The maximum atomic E-state index is 12.3. The van der Waals surface area contributed by atoms with Crippen molar-refractivity contribution in [1.29, 1.82) is 0 Å². The first-order chi connectivity index (χ1) is 9.41. The molecule has 0 unspecified atom stereocenters. The number of halogens is 1. The highest BCUT2D eigenvalue weighted by Gasteiger charge is 2.19. The molecule has 0 atom stereocenters. The Morgan fingerprint density at radius 2 is 2.00 bits per heavy atom. The molecule has 0 aliphatic heterocycles. The predicted molar refractivity (Wildman–Crippen MR) is 82.8 cm³/mol. The fourth-order valence-electron chi connectivity index (χ4n) is 1.79. The van der Waals surface area contributed by atoms with Crippen LogP contribution in [0.4, 0.5) is 5.69 Å². The quantitative estimate of drug-likeness (QED) is 0.873. The summed E-state index contributed by atoms with van der Waals surface area (Å²) in [6.45, 7) is 3.60. The Bertz CT molecular complexity index is 694. The first-order valence-electron chi connectivity index (χ1n) is 5.79. The summed E-state index contributed by atoms with van der Waals surface area (Å²) in [5.74, 6) is -1.35. The van der Waals surface area contributed by atoms with Gasteiger partial charge < -0.3 is 10.4 Å². The van der Waals surface area contributed by atoms with Crippen LogP contribution in [0.5, 0.6) is 0 Å². The molecule has 20 heavy (non-hydrogen) atoms. The molecule has 0 aliphatic rings. The van der Waals surface area contributed by atoms with Gasteiger partial charge in [-0.05, 0) is 42.5 Å². The lowest BCUT2D eigenvalue weighted by molar-refractivity contribution is 0.0703. The number of anilines is 1. The number of thiophene rings is 1. The summed E-state index contributed by atoms with van der Waals surface area (Å²) in [5, 5.41) is 13.5. The summed E-state index contributed by atoms with van der Waals surface area (Å²) >= 11 is 4.48. The number of benzene rings is 1. The summed E-state index contributed by atoms with van der Waals surface area (Å²) < 4.78 is 0.839. The van der Waals surface area contributed by atoms with Crippen LogP contribution in [0.2, 0.25) is 0 Å². The number of carbonyl (C=O) groups is 2. The summed E-state index contributed by atoms with van der Waals surface area (Å²) in [4.78, 5) is 23.6. The van der Waals surface area contributed by atoms with Crippen LogP contribution in [0.15, 0.2) is 28.1 Å². The summed E-state index contributed by atoms with van der Waals surface area (Å²) in [6, 6.07) is 5.33. The Kier molecular flexibility index (Phi) is 4.25. The molecule has 1 aromatic carbocycles. The predicted octanol–water partition coefficient (Wildman–Crippen LogP) is 4.08. The highest BCUT2D eigenvalue weighted by Crippen LogP contribution is 2.29. The van der Waals surface area contributed by atoms with E-state index in [-0.39, 0.29) is 10.8 Å². The third-order valence-corrected chi connectivity index (χ3v) is 4.86. The minimum atomic E-state index is -1.04. The van der Waals surface area contributed by atoms with Gasteiger partial charge in [0.15, 0.2) is 0 Å².